The molecule has 1 N–H and O–H groups in total. The van der Waals surface area contributed by atoms with E-state index in [-0.39, 0.29) is 5.91 Å². The molecular formula is C11H13ClN2O. The SMILES string of the molecule is CCC(=NNC(C)=O)c1cccc(Cl)c1. The molecule has 0 aliphatic heterocycles. The van der Waals surface area contributed by atoms with E-state index in [0.717, 1.165) is 17.7 Å². The molecule has 80 valence electrons. The van der Waals surface area contributed by atoms with Gasteiger partial charge in [0.25, 0.3) is 0 Å². The topological polar surface area (TPSA) is 41.5 Å². The summed E-state index contributed by atoms with van der Waals surface area (Å²) in [6, 6.07) is 7.40. The van der Waals surface area contributed by atoms with Gasteiger partial charge in [-0.1, -0.05) is 30.7 Å². The molecule has 0 aliphatic rings. The number of amides is 1. The van der Waals surface area contributed by atoms with Crippen molar-refractivity contribution in [2.24, 2.45) is 5.10 Å². The highest BCUT2D eigenvalue weighted by Crippen LogP contribution is 2.12. The number of nitrogens with one attached hydrogen (secondary N) is 1. The Morgan fingerprint density at radius 1 is 1.53 bits per heavy atom. The predicted octanol–water partition coefficient (Wildman–Crippen LogP) is 2.59. The van der Waals surface area contributed by atoms with E-state index in [2.05, 4.69) is 10.5 Å². The standard InChI is InChI=1S/C11H13ClN2O/c1-3-11(14-13-8(2)15)9-5-4-6-10(12)7-9/h4-7H,3H2,1-2H3,(H,13,15). The average molecular weight is 225 g/mol. The van der Waals surface area contributed by atoms with Crippen LogP contribution in [0.3, 0.4) is 0 Å². The van der Waals surface area contributed by atoms with E-state index in [4.69, 9.17) is 11.6 Å². The second kappa shape index (κ2) is 5.51. The van der Waals surface area contributed by atoms with E-state index >= 15 is 0 Å². The van der Waals surface area contributed by atoms with Crippen LogP contribution < -0.4 is 5.43 Å². The lowest BCUT2D eigenvalue weighted by molar-refractivity contribution is -0.118. The fraction of sp³-hybridized carbons (Fsp3) is 0.273. The van der Waals surface area contributed by atoms with Crippen molar-refractivity contribution in [2.75, 3.05) is 0 Å². The fourth-order valence-corrected chi connectivity index (χ4v) is 1.35. The Labute approximate surface area is 94.1 Å². The van der Waals surface area contributed by atoms with Crippen molar-refractivity contribution in [1.82, 2.24) is 5.43 Å². The molecule has 0 bridgehead atoms. The third kappa shape index (κ3) is 3.72. The van der Waals surface area contributed by atoms with Crippen LogP contribution >= 0.6 is 11.6 Å². The number of hydrogen-bond donors (Lipinski definition) is 1. The zero-order valence-electron chi connectivity index (χ0n) is 8.75. The Hall–Kier alpha value is -1.35. The van der Waals surface area contributed by atoms with E-state index in [1.807, 2.05) is 25.1 Å². The lowest BCUT2D eigenvalue weighted by Crippen LogP contribution is -2.16. The first-order chi connectivity index (χ1) is 7.13. The van der Waals surface area contributed by atoms with Crippen molar-refractivity contribution < 1.29 is 4.79 Å². The monoisotopic (exact) mass is 224 g/mol. The first kappa shape index (κ1) is 11.7. The summed E-state index contributed by atoms with van der Waals surface area (Å²) < 4.78 is 0. The second-order valence-electron chi connectivity index (χ2n) is 3.09. The van der Waals surface area contributed by atoms with Crippen LogP contribution in [0.5, 0.6) is 0 Å². The van der Waals surface area contributed by atoms with Gasteiger partial charge in [-0.05, 0) is 24.1 Å². The summed E-state index contributed by atoms with van der Waals surface area (Å²) in [5, 5.41) is 4.67. The van der Waals surface area contributed by atoms with Crippen LogP contribution in [0.15, 0.2) is 29.4 Å². The number of rotatable bonds is 3. The molecule has 1 aromatic rings. The van der Waals surface area contributed by atoms with Gasteiger partial charge in [0.15, 0.2) is 0 Å². The number of benzene rings is 1. The summed E-state index contributed by atoms with van der Waals surface area (Å²) in [5.41, 5.74) is 4.16. The van der Waals surface area contributed by atoms with E-state index < -0.39 is 0 Å². The molecule has 0 atom stereocenters. The van der Waals surface area contributed by atoms with Crippen molar-refractivity contribution in [3.8, 4) is 0 Å². The molecule has 1 amide bonds. The van der Waals surface area contributed by atoms with Gasteiger partial charge in [-0.15, -0.1) is 0 Å². The molecule has 0 unspecified atom stereocenters. The van der Waals surface area contributed by atoms with Gasteiger partial charge < -0.3 is 0 Å². The van der Waals surface area contributed by atoms with E-state index in [9.17, 15) is 4.79 Å². The lowest BCUT2D eigenvalue weighted by atomic mass is 10.1. The van der Waals surface area contributed by atoms with Gasteiger partial charge in [-0.3, -0.25) is 4.79 Å². The summed E-state index contributed by atoms with van der Waals surface area (Å²) in [5.74, 6) is -0.178. The number of nitrogens with zero attached hydrogens (tertiary/aromatic N) is 1. The van der Waals surface area contributed by atoms with Crippen LogP contribution in [0.25, 0.3) is 0 Å². The predicted molar refractivity (Wildman–Crippen MR) is 62.1 cm³/mol. The van der Waals surface area contributed by atoms with E-state index in [1.165, 1.54) is 6.92 Å². The molecule has 0 saturated carbocycles. The molecule has 4 heteroatoms. The number of hydrogen-bond acceptors (Lipinski definition) is 2. The maximum Gasteiger partial charge on any atom is 0.236 e. The maximum atomic E-state index is 10.7. The number of carbonyl (C=O) groups excluding carboxylic acids is 1. The highest BCUT2D eigenvalue weighted by Gasteiger charge is 2.02. The normalized spacial score (nSPS) is 11.3. The molecular weight excluding hydrogens is 212 g/mol. The van der Waals surface area contributed by atoms with E-state index in [0.29, 0.717) is 5.02 Å². The van der Waals surface area contributed by atoms with Gasteiger partial charge in [-0.25, -0.2) is 5.43 Å². The van der Waals surface area contributed by atoms with Gasteiger partial charge in [0.05, 0.1) is 5.71 Å². The zero-order valence-corrected chi connectivity index (χ0v) is 9.51. The van der Waals surface area contributed by atoms with Gasteiger partial charge in [0.1, 0.15) is 0 Å². The van der Waals surface area contributed by atoms with Crippen LogP contribution in [0.2, 0.25) is 5.02 Å². The summed E-state index contributed by atoms with van der Waals surface area (Å²) >= 11 is 5.87. The van der Waals surface area contributed by atoms with Gasteiger partial charge in [0.2, 0.25) is 5.91 Å². The van der Waals surface area contributed by atoms with Crippen molar-refractivity contribution in [3.05, 3.63) is 34.9 Å². The minimum absolute atomic E-state index is 0.178. The number of halogens is 1. The molecule has 0 saturated heterocycles. The van der Waals surface area contributed by atoms with E-state index in [1.54, 1.807) is 6.07 Å². The molecule has 0 spiro atoms. The Morgan fingerprint density at radius 2 is 2.27 bits per heavy atom. The minimum atomic E-state index is -0.178. The van der Waals surface area contributed by atoms with Crippen LogP contribution in [0.1, 0.15) is 25.8 Å². The van der Waals surface area contributed by atoms with Gasteiger partial charge in [-0.2, -0.15) is 5.10 Å². The van der Waals surface area contributed by atoms with Crippen LogP contribution in [-0.2, 0) is 4.79 Å². The maximum absolute atomic E-state index is 10.7. The van der Waals surface area contributed by atoms with Crippen molar-refractivity contribution in [3.63, 3.8) is 0 Å². The fourth-order valence-electron chi connectivity index (χ4n) is 1.16. The quantitative estimate of drug-likeness (QED) is 0.622. The lowest BCUT2D eigenvalue weighted by Gasteiger charge is -2.04. The summed E-state index contributed by atoms with van der Waals surface area (Å²) in [7, 11) is 0. The van der Waals surface area contributed by atoms with Crippen LogP contribution in [0, 0.1) is 0 Å². The third-order valence-electron chi connectivity index (χ3n) is 1.84. The van der Waals surface area contributed by atoms with Gasteiger partial charge in [0, 0.05) is 11.9 Å². The third-order valence-corrected chi connectivity index (χ3v) is 2.08. The molecule has 0 radical (unpaired) electrons. The molecule has 0 aromatic heterocycles. The highest BCUT2D eigenvalue weighted by atomic mass is 35.5. The molecule has 1 rings (SSSR count). The van der Waals surface area contributed by atoms with Gasteiger partial charge >= 0.3 is 0 Å². The Balaban J connectivity index is 2.92. The van der Waals surface area contributed by atoms with Crippen LogP contribution in [-0.4, -0.2) is 11.6 Å². The second-order valence-corrected chi connectivity index (χ2v) is 3.53. The molecule has 0 fully saturated rings. The molecule has 1 aromatic carbocycles. The molecule has 15 heavy (non-hydrogen) atoms. The minimum Gasteiger partial charge on any atom is -0.274 e. The summed E-state index contributed by atoms with van der Waals surface area (Å²) in [6.07, 6.45) is 0.737. The first-order valence-electron chi connectivity index (χ1n) is 4.72. The average Bonchev–Trinajstić information content (AvgIpc) is 2.18. The first-order valence-corrected chi connectivity index (χ1v) is 5.10. The van der Waals surface area contributed by atoms with Crippen molar-refractivity contribution in [2.45, 2.75) is 20.3 Å². The summed E-state index contributed by atoms with van der Waals surface area (Å²) in [4.78, 5) is 10.7. The summed E-state index contributed by atoms with van der Waals surface area (Å²) in [6.45, 7) is 3.40. The molecule has 0 aliphatic carbocycles. The van der Waals surface area contributed by atoms with Crippen LogP contribution in [0.4, 0.5) is 0 Å². The smallest absolute Gasteiger partial charge is 0.236 e. The Kier molecular flexibility index (Phi) is 4.31. The number of hydrazone groups is 1. The zero-order chi connectivity index (χ0) is 11.3. The highest BCUT2D eigenvalue weighted by molar-refractivity contribution is 6.31. The Bertz CT molecular complexity index is 388. The van der Waals surface area contributed by atoms with Crippen molar-refractivity contribution in [1.29, 1.82) is 0 Å². The largest absolute Gasteiger partial charge is 0.274 e. The number of carbonyl (C=O) groups is 1. The van der Waals surface area contributed by atoms with Crippen molar-refractivity contribution >= 4 is 23.2 Å². The molecule has 0 heterocycles. The molecule has 3 nitrogen and oxygen atoms in total. The Morgan fingerprint density at radius 3 is 2.80 bits per heavy atom.